The van der Waals surface area contributed by atoms with E-state index in [1.54, 1.807) is 18.1 Å². The first-order valence-corrected chi connectivity index (χ1v) is 10.2. The molecule has 1 amide bonds. The summed E-state index contributed by atoms with van der Waals surface area (Å²) in [5.74, 6) is 0.194. The van der Waals surface area contributed by atoms with E-state index in [4.69, 9.17) is 4.74 Å². The van der Waals surface area contributed by atoms with Gasteiger partial charge in [-0.2, -0.15) is 0 Å². The maximum absolute atomic E-state index is 14.3. The van der Waals surface area contributed by atoms with Gasteiger partial charge in [0.1, 0.15) is 11.5 Å². The summed E-state index contributed by atoms with van der Waals surface area (Å²) < 4.78 is 19.5. The highest BCUT2D eigenvalue weighted by molar-refractivity contribution is 6.01. The molecule has 2 N–H and O–H groups in total. The molecule has 30 heavy (non-hydrogen) atoms. The number of halogens is 1. The Morgan fingerprint density at radius 3 is 2.83 bits per heavy atom. The molecule has 1 aliphatic rings. The Balaban J connectivity index is 1.69. The third-order valence-corrected chi connectivity index (χ3v) is 6.07. The van der Waals surface area contributed by atoms with E-state index in [2.05, 4.69) is 15.3 Å². The second-order valence-corrected chi connectivity index (χ2v) is 7.94. The fraction of sp³-hybridized carbons (Fsp3) is 0.391. The standard InChI is InChI=1S/C23H27FN4O2/c1-13-6-5-7-19(24)18(13)11-25-22-21-17(14(2)15(3)26-21)10-20(27-22)23(29)28-9-8-16(28)12-30-4/h5-7,10,16,26H,8-9,11-12H2,1-4H3,(H,25,27). The zero-order chi connectivity index (χ0) is 21.4. The molecule has 3 aromatic rings. The largest absolute Gasteiger partial charge is 0.383 e. The molecule has 1 atom stereocenters. The summed E-state index contributed by atoms with van der Waals surface area (Å²) >= 11 is 0. The number of ether oxygens (including phenoxy) is 1. The number of benzene rings is 1. The highest BCUT2D eigenvalue weighted by Gasteiger charge is 2.33. The summed E-state index contributed by atoms with van der Waals surface area (Å²) in [7, 11) is 1.64. The van der Waals surface area contributed by atoms with Crippen LogP contribution < -0.4 is 5.32 Å². The van der Waals surface area contributed by atoms with E-state index in [-0.39, 0.29) is 24.3 Å². The van der Waals surface area contributed by atoms with Gasteiger partial charge >= 0.3 is 0 Å². The summed E-state index contributed by atoms with van der Waals surface area (Å²) in [4.78, 5) is 22.9. The predicted molar refractivity (Wildman–Crippen MR) is 115 cm³/mol. The topological polar surface area (TPSA) is 70.2 Å². The van der Waals surface area contributed by atoms with E-state index >= 15 is 0 Å². The Hall–Kier alpha value is -2.93. The molecule has 1 unspecified atom stereocenters. The minimum Gasteiger partial charge on any atom is -0.383 e. The number of fused-ring (bicyclic) bond motifs is 1. The molecule has 7 heteroatoms. The number of pyridine rings is 1. The fourth-order valence-electron chi connectivity index (χ4n) is 3.97. The Kier molecular flexibility index (Phi) is 5.47. The van der Waals surface area contributed by atoms with Crippen LogP contribution in [0.3, 0.4) is 0 Å². The van der Waals surface area contributed by atoms with Crippen molar-refractivity contribution in [2.24, 2.45) is 0 Å². The van der Waals surface area contributed by atoms with Crippen molar-refractivity contribution in [3.8, 4) is 0 Å². The Morgan fingerprint density at radius 1 is 1.37 bits per heavy atom. The number of H-pyrrole nitrogens is 1. The molecule has 4 rings (SSSR count). The molecule has 0 bridgehead atoms. The number of amides is 1. The minimum atomic E-state index is -0.257. The summed E-state index contributed by atoms with van der Waals surface area (Å²) in [6.07, 6.45) is 0.932. The molecule has 0 spiro atoms. The number of methoxy groups -OCH3 is 1. The smallest absolute Gasteiger partial charge is 0.272 e. The third kappa shape index (κ3) is 3.54. The molecule has 1 saturated heterocycles. The number of carbonyl (C=O) groups is 1. The van der Waals surface area contributed by atoms with Crippen molar-refractivity contribution in [3.05, 3.63) is 58.2 Å². The minimum absolute atomic E-state index is 0.0894. The van der Waals surface area contributed by atoms with E-state index < -0.39 is 0 Å². The van der Waals surface area contributed by atoms with Gasteiger partial charge in [0.2, 0.25) is 0 Å². The first-order valence-electron chi connectivity index (χ1n) is 10.2. The van der Waals surface area contributed by atoms with Crippen LogP contribution in [0.1, 0.15) is 39.3 Å². The number of aromatic nitrogens is 2. The molecule has 2 aromatic heterocycles. The number of hydrogen-bond acceptors (Lipinski definition) is 4. The number of aryl methyl sites for hydroxylation is 3. The van der Waals surface area contributed by atoms with Crippen LogP contribution in [0, 0.1) is 26.6 Å². The number of nitrogens with one attached hydrogen (secondary N) is 2. The second-order valence-electron chi connectivity index (χ2n) is 7.94. The first-order chi connectivity index (χ1) is 14.4. The monoisotopic (exact) mass is 410 g/mol. The van der Waals surface area contributed by atoms with Crippen LogP contribution in [0.15, 0.2) is 24.3 Å². The highest BCUT2D eigenvalue weighted by Crippen LogP contribution is 2.30. The molecule has 3 heterocycles. The zero-order valence-corrected chi connectivity index (χ0v) is 17.8. The van der Waals surface area contributed by atoms with Crippen LogP contribution in [-0.4, -0.2) is 47.1 Å². The van der Waals surface area contributed by atoms with Crippen LogP contribution in [0.5, 0.6) is 0 Å². The lowest BCUT2D eigenvalue weighted by atomic mass is 10.0. The second kappa shape index (κ2) is 8.07. The Morgan fingerprint density at radius 2 is 2.17 bits per heavy atom. The Labute approximate surface area is 175 Å². The number of carbonyl (C=O) groups excluding carboxylic acids is 1. The van der Waals surface area contributed by atoms with E-state index in [9.17, 15) is 9.18 Å². The van der Waals surface area contributed by atoms with Crippen LogP contribution in [-0.2, 0) is 11.3 Å². The number of anilines is 1. The summed E-state index contributed by atoms with van der Waals surface area (Å²) in [6, 6.07) is 6.97. The van der Waals surface area contributed by atoms with Crippen LogP contribution in [0.4, 0.5) is 10.2 Å². The summed E-state index contributed by atoms with van der Waals surface area (Å²) in [5.41, 5.74) is 4.76. The summed E-state index contributed by atoms with van der Waals surface area (Å²) in [6.45, 7) is 7.40. The summed E-state index contributed by atoms with van der Waals surface area (Å²) in [5, 5.41) is 4.20. The molecule has 6 nitrogen and oxygen atoms in total. The van der Waals surface area contributed by atoms with Gasteiger partial charge in [0.15, 0.2) is 5.82 Å². The van der Waals surface area contributed by atoms with Gasteiger partial charge in [-0.1, -0.05) is 12.1 Å². The van der Waals surface area contributed by atoms with Gasteiger partial charge in [0, 0.05) is 36.8 Å². The van der Waals surface area contributed by atoms with Gasteiger partial charge in [-0.25, -0.2) is 9.37 Å². The van der Waals surface area contributed by atoms with Gasteiger partial charge in [-0.3, -0.25) is 4.79 Å². The van der Waals surface area contributed by atoms with Crippen molar-refractivity contribution in [2.45, 2.75) is 39.8 Å². The average Bonchev–Trinajstić information content (AvgIpc) is 2.99. The number of aromatic amines is 1. The van der Waals surface area contributed by atoms with E-state index in [1.807, 2.05) is 32.9 Å². The lowest BCUT2D eigenvalue weighted by Crippen LogP contribution is -2.53. The van der Waals surface area contributed by atoms with Crippen molar-refractivity contribution in [1.82, 2.24) is 14.9 Å². The molecule has 0 aliphatic carbocycles. The maximum Gasteiger partial charge on any atom is 0.272 e. The number of rotatable bonds is 6. The normalized spacial score (nSPS) is 16.0. The number of hydrogen-bond donors (Lipinski definition) is 2. The van der Waals surface area contributed by atoms with Crippen molar-refractivity contribution in [3.63, 3.8) is 0 Å². The van der Waals surface area contributed by atoms with Crippen molar-refractivity contribution < 1.29 is 13.9 Å². The lowest BCUT2D eigenvalue weighted by molar-refractivity contribution is 0.0197. The van der Waals surface area contributed by atoms with E-state index in [1.165, 1.54) is 6.07 Å². The van der Waals surface area contributed by atoms with Gasteiger partial charge < -0.3 is 19.9 Å². The van der Waals surface area contributed by atoms with Gasteiger partial charge in [-0.15, -0.1) is 0 Å². The van der Waals surface area contributed by atoms with Crippen molar-refractivity contribution in [2.75, 3.05) is 25.6 Å². The molecule has 1 fully saturated rings. The zero-order valence-electron chi connectivity index (χ0n) is 17.8. The fourth-order valence-corrected chi connectivity index (χ4v) is 3.97. The number of likely N-dealkylation sites (tertiary alicyclic amines) is 1. The quantitative estimate of drug-likeness (QED) is 0.642. The molecule has 0 radical (unpaired) electrons. The average molecular weight is 410 g/mol. The van der Waals surface area contributed by atoms with Gasteiger partial charge in [-0.05, 0) is 50.5 Å². The molecular weight excluding hydrogens is 383 g/mol. The Bertz CT molecular complexity index is 1090. The SMILES string of the molecule is COCC1CCN1C(=O)c1cc2c(C)c(C)[nH]c2c(NCc2c(C)cccc2F)n1. The highest BCUT2D eigenvalue weighted by atomic mass is 19.1. The molecule has 1 aliphatic heterocycles. The molecule has 158 valence electrons. The van der Waals surface area contributed by atoms with Crippen LogP contribution in [0.25, 0.3) is 10.9 Å². The van der Waals surface area contributed by atoms with Crippen molar-refractivity contribution >= 4 is 22.6 Å². The van der Waals surface area contributed by atoms with E-state index in [0.717, 1.165) is 34.1 Å². The van der Waals surface area contributed by atoms with Gasteiger partial charge in [0.05, 0.1) is 18.2 Å². The first kappa shape index (κ1) is 20.3. The number of nitrogens with zero attached hydrogens (tertiary/aromatic N) is 2. The lowest BCUT2D eigenvalue weighted by Gasteiger charge is -2.40. The molecule has 0 saturated carbocycles. The predicted octanol–water partition coefficient (Wildman–Crippen LogP) is 4.10. The maximum atomic E-state index is 14.3. The van der Waals surface area contributed by atoms with Crippen LogP contribution >= 0.6 is 0 Å². The van der Waals surface area contributed by atoms with E-state index in [0.29, 0.717) is 30.2 Å². The van der Waals surface area contributed by atoms with Crippen molar-refractivity contribution in [1.29, 1.82) is 0 Å². The molecule has 1 aromatic carbocycles. The van der Waals surface area contributed by atoms with Crippen LogP contribution in [0.2, 0.25) is 0 Å². The molecular formula is C23H27FN4O2. The third-order valence-electron chi connectivity index (χ3n) is 6.07. The van der Waals surface area contributed by atoms with Gasteiger partial charge in [0.25, 0.3) is 5.91 Å².